The molecule has 0 aliphatic rings. The molecule has 4 heteroatoms. The third-order valence-corrected chi connectivity index (χ3v) is 4.63. The number of nitrogens with zero attached hydrogens (tertiary/aromatic N) is 3. The maximum Gasteiger partial charge on any atom is 0.145 e. The van der Waals surface area contributed by atoms with E-state index in [1.165, 1.54) is 0 Å². The number of rotatable bonds is 5. The Bertz CT molecular complexity index is 1120. The topological polar surface area (TPSA) is 50.8 Å². The second-order valence-corrected chi connectivity index (χ2v) is 6.60. The SMILES string of the molecule is Cc1cncn1Cc1ccc(C#N)c(Oc2ccc(-c3ccccc3)cc2)c1. The van der Waals surface area contributed by atoms with E-state index in [4.69, 9.17) is 4.74 Å². The van der Waals surface area contributed by atoms with Crippen molar-refractivity contribution in [3.63, 3.8) is 0 Å². The molecule has 28 heavy (non-hydrogen) atoms. The number of ether oxygens (including phenoxy) is 1. The van der Waals surface area contributed by atoms with Crippen LogP contribution in [-0.2, 0) is 6.54 Å². The van der Waals surface area contributed by atoms with Crippen LogP contribution in [-0.4, -0.2) is 9.55 Å². The number of benzene rings is 3. The molecule has 1 heterocycles. The molecule has 0 aliphatic carbocycles. The molecule has 136 valence electrons. The van der Waals surface area contributed by atoms with Gasteiger partial charge in [-0.05, 0) is 47.9 Å². The average Bonchev–Trinajstić information content (AvgIpc) is 3.14. The number of nitriles is 1. The highest BCUT2D eigenvalue weighted by Gasteiger charge is 2.08. The molecule has 0 aliphatic heterocycles. The van der Waals surface area contributed by atoms with E-state index in [2.05, 4.69) is 27.8 Å². The van der Waals surface area contributed by atoms with E-state index in [1.54, 1.807) is 12.4 Å². The van der Waals surface area contributed by atoms with Crippen molar-refractivity contribution < 1.29 is 4.74 Å². The van der Waals surface area contributed by atoms with Gasteiger partial charge in [0.2, 0.25) is 0 Å². The maximum atomic E-state index is 9.44. The van der Waals surface area contributed by atoms with E-state index in [0.29, 0.717) is 23.6 Å². The molecule has 0 saturated heterocycles. The lowest BCUT2D eigenvalue weighted by molar-refractivity contribution is 0.480. The van der Waals surface area contributed by atoms with Crippen LogP contribution in [0.1, 0.15) is 16.8 Å². The van der Waals surface area contributed by atoms with Crippen molar-refractivity contribution in [3.8, 4) is 28.7 Å². The van der Waals surface area contributed by atoms with Crippen LogP contribution in [0, 0.1) is 18.3 Å². The predicted octanol–water partition coefficient (Wildman–Crippen LogP) is 5.57. The lowest BCUT2D eigenvalue weighted by atomic mass is 10.1. The minimum atomic E-state index is 0.512. The van der Waals surface area contributed by atoms with Gasteiger partial charge in [-0.3, -0.25) is 0 Å². The van der Waals surface area contributed by atoms with Gasteiger partial charge in [-0.15, -0.1) is 0 Å². The molecule has 0 unspecified atom stereocenters. The summed E-state index contributed by atoms with van der Waals surface area (Å²) in [4.78, 5) is 4.15. The third kappa shape index (κ3) is 3.79. The summed E-state index contributed by atoms with van der Waals surface area (Å²) in [6.45, 7) is 2.70. The van der Waals surface area contributed by atoms with Crippen LogP contribution in [0.25, 0.3) is 11.1 Å². The zero-order valence-electron chi connectivity index (χ0n) is 15.5. The first-order valence-electron chi connectivity index (χ1n) is 9.06. The molecule has 4 nitrogen and oxygen atoms in total. The Morgan fingerprint density at radius 3 is 2.39 bits per heavy atom. The second kappa shape index (κ2) is 7.81. The van der Waals surface area contributed by atoms with E-state index in [1.807, 2.05) is 67.7 Å². The van der Waals surface area contributed by atoms with E-state index in [-0.39, 0.29) is 0 Å². The van der Waals surface area contributed by atoms with Gasteiger partial charge in [-0.1, -0.05) is 48.5 Å². The molecule has 0 atom stereocenters. The molecule has 0 radical (unpaired) electrons. The van der Waals surface area contributed by atoms with Crippen molar-refractivity contribution in [2.24, 2.45) is 0 Å². The summed E-state index contributed by atoms with van der Waals surface area (Å²) in [6, 6.07) is 26.0. The van der Waals surface area contributed by atoms with Crippen molar-refractivity contribution >= 4 is 0 Å². The molecule has 0 amide bonds. The summed E-state index contributed by atoms with van der Waals surface area (Å²) in [5, 5.41) is 9.44. The van der Waals surface area contributed by atoms with Gasteiger partial charge in [0.1, 0.15) is 17.6 Å². The number of hydrogen-bond donors (Lipinski definition) is 0. The molecule has 0 bridgehead atoms. The Kier molecular flexibility index (Phi) is 4.90. The maximum absolute atomic E-state index is 9.44. The Morgan fingerprint density at radius 1 is 0.964 bits per heavy atom. The Morgan fingerprint density at radius 2 is 1.71 bits per heavy atom. The molecule has 1 aromatic heterocycles. The molecule has 4 rings (SSSR count). The average molecular weight is 365 g/mol. The van der Waals surface area contributed by atoms with Crippen LogP contribution in [0.5, 0.6) is 11.5 Å². The quantitative estimate of drug-likeness (QED) is 0.464. The summed E-state index contributed by atoms with van der Waals surface area (Å²) in [5.41, 5.74) is 4.93. The zero-order chi connectivity index (χ0) is 19.3. The summed E-state index contributed by atoms with van der Waals surface area (Å²) in [7, 11) is 0. The molecule has 0 saturated carbocycles. The smallest absolute Gasteiger partial charge is 0.145 e. The first-order chi connectivity index (χ1) is 13.7. The minimum Gasteiger partial charge on any atom is -0.456 e. The molecule has 0 N–H and O–H groups in total. The number of imidazole rings is 1. The fourth-order valence-corrected chi connectivity index (χ4v) is 3.06. The first-order valence-corrected chi connectivity index (χ1v) is 9.06. The van der Waals surface area contributed by atoms with E-state index in [0.717, 1.165) is 22.4 Å². The van der Waals surface area contributed by atoms with Gasteiger partial charge in [0.15, 0.2) is 0 Å². The van der Waals surface area contributed by atoms with Crippen LogP contribution >= 0.6 is 0 Å². The first kappa shape index (κ1) is 17.6. The van der Waals surface area contributed by atoms with Gasteiger partial charge >= 0.3 is 0 Å². The molecule has 3 aromatic carbocycles. The highest BCUT2D eigenvalue weighted by molar-refractivity contribution is 5.64. The van der Waals surface area contributed by atoms with Gasteiger partial charge in [0, 0.05) is 18.4 Å². The minimum absolute atomic E-state index is 0.512. The normalized spacial score (nSPS) is 10.4. The van der Waals surface area contributed by atoms with Crippen LogP contribution in [0.4, 0.5) is 0 Å². The molecule has 0 spiro atoms. The Balaban J connectivity index is 1.57. The number of aromatic nitrogens is 2. The number of hydrogen-bond acceptors (Lipinski definition) is 3. The van der Waals surface area contributed by atoms with E-state index < -0.39 is 0 Å². The summed E-state index contributed by atoms with van der Waals surface area (Å²) >= 11 is 0. The molecular formula is C24H19N3O. The van der Waals surface area contributed by atoms with Crippen molar-refractivity contribution in [1.82, 2.24) is 9.55 Å². The van der Waals surface area contributed by atoms with Crippen molar-refractivity contribution in [2.45, 2.75) is 13.5 Å². The third-order valence-electron chi connectivity index (χ3n) is 4.63. The van der Waals surface area contributed by atoms with Gasteiger partial charge in [-0.25, -0.2) is 4.98 Å². The summed E-state index contributed by atoms with van der Waals surface area (Å²) in [6.07, 6.45) is 3.63. The Hall–Kier alpha value is -3.84. The van der Waals surface area contributed by atoms with Crippen LogP contribution in [0.2, 0.25) is 0 Å². The molecule has 4 aromatic rings. The monoisotopic (exact) mass is 365 g/mol. The molecule has 0 fully saturated rings. The largest absolute Gasteiger partial charge is 0.456 e. The van der Waals surface area contributed by atoms with Crippen LogP contribution in [0.3, 0.4) is 0 Å². The fourth-order valence-electron chi connectivity index (χ4n) is 3.06. The van der Waals surface area contributed by atoms with Gasteiger partial charge in [-0.2, -0.15) is 5.26 Å². The number of aryl methyl sites for hydroxylation is 1. The van der Waals surface area contributed by atoms with Crippen LogP contribution < -0.4 is 4.74 Å². The highest BCUT2D eigenvalue weighted by Crippen LogP contribution is 2.29. The predicted molar refractivity (Wildman–Crippen MR) is 109 cm³/mol. The van der Waals surface area contributed by atoms with E-state index >= 15 is 0 Å². The zero-order valence-corrected chi connectivity index (χ0v) is 15.5. The van der Waals surface area contributed by atoms with E-state index in [9.17, 15) is 5.26 Å². The Labute approximate surface area is 164 Å². The second-order valence-electron chi connectivity index (χ2n) is 6.60. The van der Waals surface area contributed by atoms with Gasteiger partial charge in [0.25, 0.3) is 0 Å². The van der Waals surface area contributed by atoms with Gasteiger partial charge in [0.05, 0.1) is 11.9 Å². The van der Waals surface area contributed by atoms with Crippen LogP contribution in [0.15, 0.2) is 85.3 Å². The van der Waals surface area contributed by atoms with Crippen molar-refractivity contribution in [3.05, 3.63) is 102 Å². The standard InChI is InChI=1S/C24H19N3O/c1-18-15-26-17-27(18)16-19-7-8-22(14-25)24(13-19)28-23-11-9-21(10-12-23)20-5-3-2-4-6-20/h2-13,15,17H,16H2,1H3. The molecular weight excluding hydrogens is 346 g/mol. The van der Waals surface area contributed by atoms with Crippen molar-refractivity contribution in [2.75, 3.05) is 0 Å². The fraction of sp³-hybridized carbons (Fsp3) is 0.0833. The highest BCUT2D eigenvalue weighted by atomic mass is 16.5. The lowest BCUT2D eigenvalue weighted by Crippen LogP contribution is -2.01. The summed E-state index contributed by atoms with van der Waals surface area (Å²) in [5.74, 6) is 1.26. The summed E-state index contributed by atoms with van der Waals surface area (Å²) < 4.78 is 8.09. The lowest BCUT2D eigenvalue weighted by Gasteiger charge is -2.11. The van der Waals surface area contributed by atoms with Gasteiger partial charge < -0.3 is 9.30 Å². The van der Waals surface area contributed by atoms with Crippen molar-refractivity contribution in [1.29, 1.82) is 5.26 Å².